The summed E-state index contributed by atoms with van der Waals surface area (Å²) in [6.07, 6.45) is 25.4. The summed E-state index contributed by atoms with van der Waals surface area (Å²) in [7, 11) is 0.0611. The molecule has 0 aromatic heterocycles. The molecule has 190 valence electrons. The molecule has 35 heavy (non-hydrogen) atoms. The molecule has 0 unspecified atom stereocenters. The summed E-state index contributed by atoms with van der Waals surface area (Å²) in [5, 5.41) is 4.67. The molecule has 0 spiro atoms. The van der Waals surface area contributed by atoms with E-state index in [1.165, 1.54) is 105 Å². The Morgan fingerprint density at radius 3 is 2.03 bits per heavy atom. The Hall–Kier alpha value is 0.190. The normalized spacial score (nSPS) is 18.5. The van der Waals surface area contributed by atoms with Crippen LogP contribution < -0.4 is 30.1 Å². The number of halogens is 2. The van der Waals surface area contributed by atoms with E-state index in [9.17, 15) is 0 Å². The van der Waals surface area contributed by atoms with E-state index < -0.39 is 0 Å². The third-order valence-corrected chi connectivity index (χ3v) is 11.3. The van der Waals surface area contributed by atoms with Crippen molar-refractivity contribution in [3.8, 4) is 0 Å². The number of unbranched alkanes of at least 4 members (excludes halogenated alkanes) is 1. The first-order valence-corrected chi connectivity index (χ1v) is 14.9. The monoisotopic (exact) mass is 696 g/mol. The first kappa shape index (κ1) is 33.2. The summed E-state index contributed by atoms with van der Waals surface area (Å²) in [4.78, 5) is 0. The van der Waals surface area contributed by atoms with E-state index in [4.69, 9.17) is 0 Å². The summed E-state index contributed by atoms with van der Waals surface area (Å²) < 4.78 is 0. The van der Waals surface area contributed by atoms with Gasteiger partial charge in [-0.25, -0.2) is 11.1 Å². The van der Waals surface area contributed by atoms with E-state index in [1.807, 2.05) is 0 Å². The van der Waals surface area contributed by atoms with Crippen molar-refractivity contribution in [1.29, 1.82) is 0 Å². The van der Waals surface area contributed by atoms with Crippen LogP contribution in [0.15, 0.2) is 53.6 Å². The molecular formula is C31H43Cl2HfP. The molecule has 0 radical (unpaired) electrons. The van der Waals surface area contributed by atoms with Gasteiger partial charge in [-0.3, -0.25) is 6.08 Å². The zero-order valence-corrected chi connectivity index (χ0v) is 27.8. The molecule has 0 saturated heterocycles. The molecule has 0 heterocycles. The maximum Gasteiger partial charge on any atom is 4.00 e. The van der Waals surface area contributed by atoms with Gasteiger partial charge in [0, 0.05) is 0 Å². The third kappa shape index (κ3) is 9.46. The maximum atomic E-state index is 3.37. The van der Waals surface area contributed by atoms with Gasteiger partial charge < -0.3 is 24.8 Å². The number of benzene rings is 1. The number of hydrogen-bond donors (Lipinski definition) is 0. The standard InChI is InChI=1S/C21H28P.C10H15.2ClH.Hf/c1-3-11-19(12-4-1)22(20-13-5-2-6-14-20)21-15-17-9-7-8-10-18(17)16-21;1-3-4-7-10-8-5-6-9(10)2;;;/h7-10,15-16,19-20H,1-6,11-14H2;6H,3-5,7H2,1-2H3;2*1H;/q2*-1;;;+4/p-2. The topological polar surface area (TPSA) is 0 Å². The van der Waals surface area contributed by atoms with Crippen LogP contribution in [0.2, 0.25) is 0 Å². The molecule has 3 aliphatic rings. The van der Waals surface area contributed by atoms with Crippen LogP contribution in [-0.2, 0) is 25.8 Å². The Bertz CT molecular complexity index is 853. The molecule has 4 heteroatoms. The minimum atomic E-state index is 0. The second kappa shape index (κ2) is 17.7. The van der Waals surface area contributed by atoms with Crippen LogP contribution in [0.5, 0.6) is 0 Å². The molecule has 0 N–H and O–H groups in total. The zero-order valence-electron chi connectivity index (χ0n) is 21.8. The van der Waals surface area contributed by atoms with Gasteiger partial charge in [-0.2, -0.15) is 12.1 Å². The average Bonchev–Trinajstić information content (AvgIpc) is 3.45. The summed E-state index contributed by atoms with van der Waals surface area (Å²) >= 11 is 0. The molecule has 0 aliphatic heterocycles. The van der Waals surface area contributed by atoms with E-state index in [-0.39, 0.29) is 58.6 Å². The SMILES string of the molecule is CCCCC1=[C-]CC=C1C.[Cl-].[Cl-].[Hf+4].c1ccc2[cH-]c(P(C3CCCCC3)C3CCCCC3)cc2c1. The molecule has 0 nitrogen and oxygen atoms in total. The van der Waals surface area contributed by atoms with Gasteiger partial charge >= 0.3 is 25.8 Å². The minimum Gasteiger partial charge on any atom is -1.00 e. The molecule has 2 saturated carbocycles. The molecule has 5 rings (SSSR count). The van der Waals surface area contributed by atoms with Crippen molar-refractivity contribution in [2.24, 2.45) is 0 Å². The van der Waals surface area contributed by atoms with Crippen molar-refractivity contribution < 1.29 is 50.7 Å². The number of hydrogen-bond acceptors (Lipinski definition) is 0. The largest absolute Gasteiger partial charge is 4.00 e. The molecule has 0 amide bonds. The summed E-state index contributed by atoms with van der Waals surface area (Å²) in [6.45, 7) is 4.42. The van der Waals surface area contributed by atoms with E-state index >= 15 is 0 Å². The Kier molecular flexibility index (Phi) is 16.8. The molecule has 0 atom stereocenters. The van der Waals surface area contributed by atoms with Crippen molar-refractivity contribution in [3.63, 3.8) is 0 Å². The Morgan fingerprint density at radius 2 is 1.51 bits per heavy atom. The van der Waals surface area contributed by atoms with Crippen LogP contribution in [0.3, 0.4) is 0 Å². The number of rotatable bonds is 6. The van der Waals surface area contributed by atoms with Crippen molar-refractivity contribution in [1.82, 2.24) is 0 Å². The number of fused-ring (bicyclic) bond motifs is 1. The first-order chi connectivity index (χ1) is 15.8. The summed E-state index contributed by atoms with van der Waals surface area (Å²) in [6, 6.07) is 14.1. The maximum absolute atomic E-state index is 3.37. The fraction of sp³-hybridized carbons (Fsp3) is 0.581. The number of allylic oxidation sites excluding steroid dienone is 4. The second-order valence-corrected chi connectivity index (χ2v) is 13.0. The smallest absolute Gasteiger partial charge is 1.00 e. The quantitative estimate of drug-likeness (QED) is 0.247. The van der Waals surface area contributed by atoms with Crippen molar-refractivity contribution in [2.75, 3.05) is 0 Å². The van der Waals surface area contributed by atoms with E-state index in [0.29, 0.717) is 0 Å². The Balaban J connectivity index is 0.000000407. The van der Waals surface area contributed by atoms with Crippen LogP contribution in [0.25, 0.3) is 10.8 Å². The van der Waals surface area contributed by atoms with Gasteiger partial charge in [0.1, 0.15) is 0 Å². The third-order valence-electron chi connectivity index (χ3n) is 7.82. The van der Waals surface area contributed by atoms with Crippen molar-refractivity contribution in [2.45, 2.75) is 115 Å². The molecule has 2 fully saturated rings. The fourth-order valence-electron chi connectivity index (χ4n) is 5.95. The Labute approximate surface area is 247 Å². The second-order valence-electron chi connectivity index (χ2n) is 10.2. The van der Waals surface area contributed by atoms with Gasteiger partial charge in [-0.15, -0.1) is 53.7 Å². The molecule has 2 aromatic rings. The summed E-state index contributed by atoms with van der Waals surface area (Å²) in [5.74, 6) is 0. The fourth-order valence-corrected chi connectivity index (χ4v) is 9.81. The minimum absolute atomic E-state index is 0. The summed E-state index contributed by atoms with van der Waals surface area (Å²) in [5.41, 5.74) is 4.95. The molecule has 3 aliphatic carbocycles. The van der Waals surface area contributed by atoms with Crippen LogP contribution >= 0.6 is 7.92 Å². The van der Waals surface area contributed by atoms with E-state index in [1.54, 1.807) is 5.30 Å². The first-order valence-electron chi connectivity index (χ1n) is 13.5. The van der Waals surface area contributed by atoms with Crippen LogP contribution in [0, 0.1) is 6.08 Å². The van der Waals surface area contributed by atoms with Gasteiger partial charge in [0.05, 0.1) is 0 Å². The van der Waals surface area contributed by atoms with Gasteiger partial charge in [0.2, 0.25) is 0 Å². The van der Waals surface area contributed by atoms with E-state index in [2.05, 4.69) is 62.4 Å². The Morgan fingerprint density at radius 1 is 0.914 bits per heavy atom. The molecular weight excluding hydrogens is 653 g/mol. The van der Waals surface area contributed by atoms with Gasteiger partial charge in [-0.1, -0.05) is 78.7 Å². The van der Waals surface area contributed by atoms with Gasteiger partial charge in [-0.05, 0) is 37.0 Å². The predicted molar refractivity (Wildman–Crippen MR) is 144 cm³/mol. The van der Waals surface area contributed by atoms with Crippen LogP contribution in [-0.4, -0.2) is 11.3 Å². The van der Waals surface area contributed by atoms with Gasteiger partial charge in [0.15, 0.2) is 0 Å². The van der Waals surface area contributed by atoms with Gasteiger partial charge in [0.25, 0.3) is 0 Å². The van der Waals surface area contributed by atoms with Crippen LogP contribution in [0.1, 0.15) is 104 Å². The molecule has 2 aromatic carbocycles. The van der Waals surface area contributed by atoms with Crippen molar-refractivity contribution >= 4 is 24.0 Å². The zero-order chi connectivity index (χ0) is 22.2. The van der Waals surface area contributed by atoms with Crippen molar-refractivity contribution in [3.05, 3.63) is 59.7 Å². The molecule has 0 bridgehead atoms. The van der Waals surface area contributed by atoms with Crippen LogP contribution in [0.4, 0.5) is 0 Å². The predicted octanol–water partition coefficient (Wildman–Crippen LogP) is 3.59. The van der Waals surface area contributed by atoms with E-state index in [0.717, 1.165) is 17.7 Å². The average molecular weight is 696 g/mol.